The molecule has 1 aromatic carbocycles. The zero-order valence-corrected chi connectivity index (χ0v) is 17.9. The summed E-state index contributed by atoms with van der Waals surface area (Å²) >= 11 is 5.91. The van der Waals surface area contributed by atoms with Crippen LogP contribution in [0.2, 0.25) is 5.02 Å². The van der Waals surface area contributed by atoms with Crippen LogP contribution in [-0.4, -0.2) is 38.0 Å². The second-order valence-corrected chi connectivity index (χ2v) is 6.13. The molecular formula is C18H26ClIN4O. The first kappa shape index (κ1) is 21.8. The van der Waals surface area contributed by atoms with Crippen LogP contribution in [0.15, 0.2) is 52.1 Å². The highest BCUT2D eigenvalue weighted by molar-refractivity contribution is 14.0. The van der Waals surface area contributed by atoms with E-state index < -0.39 is 0 Å². The van der Waals surface area contributed by atoms with Gasteiger partial charge in [0.15, 0.2) is 5.96 Å². The number of halogens is 2. The molecule has 1 unspecified atom stereocenters. The van der Waals surface area contributed by atoms with Crippen molar-refractivity contribution in [3.05, 3.63) is 59.0 Å². The van der Waals surface area contributed by atoms with Crippen LogP contribution in [0.4, 0.5) is 0 Å². The third-order valence-corrected chi connectivity index (χ3v) is 3.89. The van der Waals surface area contributed by atoms with Crippen molar-refractivity contribution in [2.75, 3.05) is 27.2 Å². The summed E-state index contributed by atoms with van der Waals surface area (Å²) in [5, 5.41) is 7.39. The van der Waals surface area contributed by atoms with E-state index in [1.165, 1.54) is 0 Å². The monoisotopic (exact) mass is 476 g/mol. The molecule has 0 bridgehead atoms. The predicted octanol–water partition coefficient (Wildman–Crippen LogP) is 3.91. The van der Waals surface area contributed by atoms with E-state index in [0.29, 0.717) is 13.1 Å². The minimum Gasteiger partial charge on any atom is -0.468 e. The van der Waals surface area contributed by atoms with Crippen molar-refractivity contribution >= 4 is 41.5 Å². The van der Waals surface area contributed by atoms with Gasteiger partial charge in [0.25, 0.3) is 0 Å². The predicted molar refractivity (Wildman–Crippen MR) is 115 cm³/mol. The molecule has 0 spiro atoms. The average Bonchev–Trinajstić information content (AvgIpc) is 3.08. The molecule has 1 atom stereocenters. The highest BCUT2D eigenvalue weighted by atomic mass is 127. The van der Waals surface area contributed by atoms with E-state index in [-0.39, 0.29) is 30.0 Å². The van der Waals surface area contributed by atoms with Crippen LogP contribution in [0.1, 0.15) is 24.3 Å². The van der Waals surface area contributed by atoms with E-state index in [1.54, 1.807) is 6.26 Å². The molecule has 138 valence electrons. The topological polar surface area (TPSA) is 52.8 Å². The first-order valence-electron chi connectivity index (χ1n) is 8.06. The molecule has 0 aliphatic heterocycles. The van der Waals surface area contributed by atoms with Gasteiger partial charge in [0, 0.05) is 18.1 Å². The second-order valence-electron chi connectivity index (χ2n) is 5.70. The van der Waals surface area contributed by atoms with Gasteiger partial charge in [-0.1, -0.05) is 23.7 Å². The highest BCUT2D eigenvalue weighted by Crippen LogP contribution is 2.17. The molecule has 0 saturated heterocycles. The minimum atomic E-state index is 0. The number of nitrogens with zero attached hydrogens (tertiary/aromatic N) is 2. The molecular weight excluding hydrogens is 451 g/mol. The molecule has 5 nitrogen and oxygen atoms in total. The number of rotatable bonds is 7. The fourth-order valence-electron chi connectivity index (χ4n) is 2.31. The molecule has 1 heterocycles. The summed E-state index contributed by atoms with van der Waals surface area (Å²) in [6, 6.07) is 11.8. The molecule has 0 saturated carbocycles. The van der Waals surface area contributed by atoms with Crippen LogP contribution in [0, 0.1) is 0 Å². The number of aliphatic imine (C=N–C) groups is 1. The standard InChI is InChI=1S/C18H25ClN4O.HI/c1-4-20-18(21-12-14-7-9-15(19)10-8-14)22-13-16(23(2)3)17-6-5-11-24-17;/h5-11,16H,4,12-13H2,1-3H3,(H2,20,21,22);1H. The van der Waals surface area contributed by atoms with Crippen molar-refractivity contribution in [3.63, 3.8) is 0 Å². The van der Waals surface area contributed by atoms with E-state index in [1.807, 2.05) is 50.5 Å². The SMILES string of the molecule is CCNC(=NCc1ccc(Cl)cc1)NCC(c1ccco1)N(C)C.I. The van der Waals surface area contributed by atoms with Gasteiger partial charge in [-0.25, -0.2) is 4.99 Å². The van der Waals surface area contributed by atoms with E-state index in [0.717, 1.165) is 28.9 Å². The molecule has 0 aliphatic rings. The molecule has 0 fully saturated rings. The van der Waals surface area contributed by atoms with Crippen LogP contribution in [0.5, 0.6) is 0 Å². The van der Waals surface area contributed by atoms with Crippen LogP contribution < -0.4 is 10.6 Å². The second kappa shape index (κ2) is 11.4. The van der Waals surface area contributed by atoms with Crippen LogP contribution in [0.25, 0.3) is 0 Å². The Morgan fingerprint density at radius 2 is 1.92 bits per heavy atom. The lowest BCUT2D eigenvalue weighted by molar-refractivity contribution is 0.258. The van der Waals surface area contributed by atoms with Gasteiger partial charge in [0.2, 0.25) is 0 Å². The van der Waals surface area contributed by atoms with Gasteiger partial charge in [0.05, 0.1) is 18.8 Å². The summed E-state index contributed by atoms with van der Waals surface area (Å²) < 4.78 is 5.54. The number of benzene rings is 1. The van der Waals surface area contributed by atoms with Crippen molar-refractivity contribution in [3.8, 4) is 0 Å². The average molecular weight is 477 g/mol. The van der Waals surface area contributed by atoms with E-state index >= 15 is 0 Å². The summed E-state index contributed by atoms with van der Waals surface area (Å²) in [5.41, 5.74) is 1.12. The highest BCUT2D eigenvalue weighted by Gasteiger charge is 2.17. The molecule has 0 amide bonds. The van der Waals surface area contributed by atoms with Gasteiger partial charge in [0.1, 0.15) is 5.76 Å². The lowest BCUT2D eigenvalue weighted by atomic mass is 10.2. The molecule has 7 heteroatoms. The van der Waals surface area contributed by atoms with Crippen molar-refractivity contribution < 1.29 is 4.42 Å². The van der Waals surface area contributed by atoms with Crippen molar-refractivity contribution in [2.24, 2.45) is 4.99 Å². The Balaban J connectivity index is 0.00000312. The zero-order chi connectivity index (χ0) is 17.4. The lowest BCUT2D eigenvalue weighted by Crippen LogP contribution is -2.41. The Labute approximate surface area is 171 Å². The maximum Gasteiger partial charge on any atom is 0.191 e. The summed E-state index contributed by atoms with van der Waals surface area (Å²) in [6.45, 7) is 4.15. The molecule has 2 N–H and O–H groups in total. The van der Waals surface area contributed by atoms with E-state index in [2.05, 4.69) is 27.4 Å². The normalized spacial score (nSPS) is 12.6. The number of hydrogen-bond donors (Lipinski definition) is 2. The molecule has 1 aromatic heterocycles. The van der Waals surface area contributed by atoms with Gasteiger partial charge < -0.3 is 15.1 Å². The van der Waals surface area contributed by atoms with Gasteiger partial charge in [-0.2, -0.15) is 0 Å². The molecule has 0 radical (unpaired) electrons. The van der Waals surface area contributed by atoms with Gasteiger partial charge >= 0.3 is 0 Å². The summed E-state index contributed by atoms with van der Waals surface area (Å²) in [7, 11) is 4.07. The summed E-state index contributed by atoms with van der Waals surface area (Å²) in [5.74, 6) is 1.71. The summed E-state index contributed by atoms with van der Waals surface area (Å²) in [4.78, 5) is 6.75. The first-order chi connectivity index (χ1) is 11.6. The molecule has 2 aromatic rings. The minimum absolute atomic E-state index is 0. The number of guanidine groups is 1. The Bertz CT molecular complexity index is 629. The van der Waals surface area contributed by atoms with Crippen molar-refractivity contribution in [1.82, 2.24) is 15.5 Å². The Kier molecular flexibility index (Phi) is 9.92. The van der Waals surface area contributed by atoms with E-state index in [9.17, 15) is 0 Å². The third kappa shape index (κ3) is 7.25. The number of nitrogens with one attached hydrogen (secondary N) is 2. The fraction of sp³-hybridized carbons (Fsp3) is 0.389. The number of hydrogen-bond acceptors (Lipinski definition) is 3. The van der Waals surface area contributed by atoms with Crippen LogP contribution in [0.3, 0.4) is 0 Å². The smallest absolute Gasteiger partial charge is 0.191 e. The Morgan fingerprint density at radius 1 is 1.20 bits per heavy atom. The fourth-order valence-corrected chi connectivity index (χ4v) is 2.44. The maximum atomic E-state index is 5.91. The number of furan rings is 1. The molecule has 0 aliphatic carbocycles. The van der Waals surface area contributed by atoms with Crippen molar-refractivity contribution in [1.29, 1.82) is 0 Å². The van der Waals surface area contributed by atoms with Crippen LogP contribution >= 0.6 is 35.6 Å². The third-order valence-electron chi connectivity index (χ3n) is 3.64. The molecule has 25 heavy (non-hydrogen) atoms. The van der Waals surface area contributed by atoms with Gasteiger partial charge in [-0.15, -0.1) is 24.0 Å². The Hall–Kier alpha value is -1.25. The van der Waals surface area contributed by atoms with Gasteiger partial charge in [-0.3, -0.25) is 4.90 Å². The number of likely N-dealkylation sites (N-methyl/N-ethyl adjacent to an activating group) is 1. The quantitative estimate of drug-likeness (QED) is 0.361. The van der Waals surface area contributed by atoms with Crippen molar-refractivity contribution in [2.45, 2.75) is 19.5 Å². The Morgan fingerprint density at radius 3 is 2.48 bits per heavy atom. The largest absolute Gasteiger partial charge is 0.468 e. The van der Waals surface area contributed by atoms with E-state index in [4.69, 9.17) is 16.0 Å². The lowest BCUT2D eigenvalue weighted by Gasteiger charge is -2.23. The summed E-state index contributed by atoms with van der Waals surface area (Å²) in [6.07, 6.45) is 1.70. The van der Waals surface area contributed by atoms with Gasteiger partial charge in [-0.05, 0) is 50.8 Å². The van der Waals surface area contributed by atoms with Crippen LogP contribution in [-0.2, 0) is 6.54 Å². The zero-order valence-electron chi connectivity index (χ0n) is 14.8. The maximum absolute atomic E-state index is 5.91. The molecule has 2 rings (SSSR count). The first-order valence-corrected chi connectivity index (χ1v) is 8.44.